The van der Waals surface area contributed by atoms with Crippen LogP contribution in [0.1, 0.15) is 11.1 Å². The highest BCUT2D eigenvalue weighted by Crippen LogP contribution is 2.38. The number of carbonyl (C=O) groups excluding carboxylic acids is 1. The van der Waals surface area contributed by atoms with Crippen LogP contribution in [0.15, 0.2) is 39.8 Å². The van der Waals surface area contributed by atoms with E-state index in [1.807, 2.05) is 6.92 Å². The van der Waals surface area contributed by atoms with E-state index in [4.69, 9.17) is 23.2 Å². The Hall–Kier alpha value is -1.36. The quantitative estimate of drug-likeness (QED) is 0.727. The highest BCUT2D eigenvalue weighted by molar-refractivity contribution is 9.10. The van der Waals surface area contributed by atoms with Crippen LogP contribution in [-0.2, 0) is 4.79 Å². The van der Waals surface area contributed by atoms with Crippen LogP contribution in [0.2, 0.25) is 10.0 Å². The SMILES string of the molecule is Cc1c(Cl)c(Br)cc2c1NC(=O)C2=Nc1cccc(Cl)c1. The van der Waals surface area contributed by atoms with E-state index < -0.39 is 0 Å². The first kappa shape index (κ1) is 14.6. The molecule has 0 saturated heterocycles. The van der Waals surface area contributed by atoms with Gasteiger partial charge in [-0.3, -0.25) is 4.79 Å². The summed E-state index contributed by atoms with van der Waals surface area (Å²) in [5.41, 5.74) is 3.23. The second kappa shape index (κ2) is 5.44. The van der Waals surface area contributed by atoms with E-state index in [1.54, 1.807) is 30.3 Å². The van der Waals surface area contributed by atoms with E-state index in [1.165, 1.54) is 0 Å². The van der Waals surface area contributed by atoms with E-state index in [0.717, 1.165) is 15.6 Å². The lowest BCUT2D eigenvalue weighted by atomic mass is 10.1. The molecule has 3 rings (SSSR count). The number of nitrogens with one attached hydrogen (secondary N) is 1. The number of aliphatic imine (C=N–C) groups is 1. The molecule has 0 radical (unpaired) electrons. The molecule has 6 heteroatoms. The third-order valence-electron chi connectivity index (χ3n) is 3.21. The number of nitrogens with zero attached hydrogens (tertiary/aromatic N) is 1. The Morgan fingerprint density at radius 2 is 2.00 bits per heavy atom. The van der Waals surface area contributed by atoms with Crippen LogP contribution in [0.4, 0.5) is 11.4 Å². The number of halogens is 3. The molecule has 106 valence electrons. The third-order valence-corrected chi connectivity index (χ3v) is 4.79. The van der Waals surface area contributed by atoms with Gasteiger partial charge in [0, 0.05) is 15.1 Å². The van der Waals surface area contributed by atoms with Gasteiger partial charge in [-0.05, 0) is 52.7 Å². The molecule has 0 bridgehead atoms. The summed E-state index contributed by atoms with van der Waals surface area (Å²) in [6.07, 6.45) is 0. The number of carbonyl (C=O) groups is 1. The molecule has 0 fully saturated rings. The first-order chi connectivity index (χ1) is 9.97. The molecule has 0 spiro atoms. The molecule has 21 heavy (non-hydrogen) atoms. The van der Waals surface area contributed by atoms with Gasteiger partial charge >= 0.3 is 0 Å². The number of rotatable bonds is 1. The zero-order valence-electron chi connectivity index (χ0n) is 10.9. The summed E-state index contributed by atoms with van der Waals surface area (Å²) >= 11 is 15.5. The van der Waals surface area contributed by atoms with Crippen molar-refractivity contribution in [2.24, 2.45) is 4.99 Å². The Bertz CT molecular complexity index is 803. The fourth-order valence-electron chi connectivity index (χ4n) is 2.18. The first-order valence-corrected chi connectivity index (χ1v) is 7.67. The summed E-state index contributed by atoms with van der Waals surface area (Å²) < 4.78 is 0.732. The minimum atomic E-state index is -0.248. The van der Waals surface area contributed by atoms with E-state index >= 15 is 0 Å². The van der Waals surface area contributed by atoms with Gasteiger partial charge in [0.1, 0.15) is 5.71 Å². The molecule has 0 aromatic heterocycles. The lowest BCUT2D eigenvalue weighted by Gasteiger charge is -2.07. The number of hydrogen-bond donors (Lipinski definition) is 1. The van der Waals surface area contributed by atoms with Gasteiger partial charge < -0.3 is 5.32 Å². The van der Waals surface area contributed by atoms with Gasteiger partial charge in [-0.25, -0.2) is 4.99 Å². The minimum absolute atomic E-state index is 0.248. The van der Waals surface area contributed by atoms with Crippen molar-refractivity contribution in [3.63, 3.8) is 0 Å². The monoisotopic (exact) mass is 382 g/mol. The molecule has 3 nitrogen and oxygen atoms in total. The van der Waals surface area contributed by atoms with Crippen molar-refractivity contribution in [3.8, 4) is 0 Å². The summed E-state index contributed by atoms with van der Waals surface area (Å²) in [5.74, 6) is -0.248. The maximum Gasteiger partial charge on any atom is 0.275 e. The highest BCUT2D eigenvalue weighted by Gasteiger charge is 2.29. The molecule has 1 heterocycles. The van der Waals surface area contributed by atoms with Gasteiger partial charge in [0.25, 0.3) is 5.91 Å². The van der Waals surface area contributed by atoms with Crippen molar-refractivity contribution in [1.29, 1.82) is 0 Å². The van der Waals surface area contributed by atoms with E-state index in [9.17, 15) is 4.79 Å². The maximum atomic E-state index is 12.2. The van der Waals surface area contributed by atoms with Gasteiger partial charge in [0.2, 0.25) is 0 Å². The van der Waals surface area contributed by atoms with Crippen LogP contribution < -0.4 is 5.32 Å². The van der Waals surface area contributed by atoms with Crippen LogP contribution in [0, 0.1) is 6.92 Å². The summed E-state index contributed by atoms with van der Waals surface area (Å²) in [5, 5.41) is 3.97. The number of fused-ring (bicyclic) bond motifs is 1. The third kappa shape index (κ3) is 2.59. The summed E-state index contributed by atoms with van der Waals surface area (Å²) in [7, 11) is 0. The lowest BCUT2D eigenvalue weighted by Crippen LogP contribution is -2.13. The molecule has 2 aromatic carbocycles. The van der Waals surface area contributed by atoms with E-state index in [-0.39, 0.29) is 5.91 Å². The summed E-state index contributed by atoms with van der Waals surface area (Å²) in [6, 6.07) is 8.85. The number of benzene rings is 2. The second-order valence-corrected chi connectivity index (χ2v) is 6.28. The normalized spacial score (nSPS) is 15.2. The Balaban J connectivity index is 2.17. The zero-order chi connectivity index (χ0) is 15.1. The van der Waals surface area contributed by atoms with Crippen LogP contribution in [0.5, 0.6) is 0 Å². The van der Waals surface area contributed by atoms with Crippen LogP contribution in [0.25, 0.3) is 0 Å². The standard InChI is InChI=1S/C15H9BrCl2N2O/c1-7-12(18)11(16)6-10-13(7)20-15(21)14(10)19-9-4-2-3-8(17)5-9/h2-6H,1H3,(H,19,20,21). The Kier molecular flexibility index (Phi) is 3.78. The fraction of sp³-hybridized carbons (Fsp3) is 0.0667. The molecular weight excluding hydrogens is 375 g/mol. The minimum Gasteiger partial charge on any atom is -0.320 e. The number of anilines is 1. The molecule has 1 aliphatic heterocycles. The van der Waals surface area contributed by atoms with Crippen molar-refractivity contribution >= 4 is 62.1 Å². The smallest absolute Gasteiger partial charge is 0.275 e. The van der Waals surface area contributed by atoms with Crippen LogP contribution in [0.3, 0.4) is 0 Å². The largest absolute Gasteiger partial charge is 0.320 e. The Morgan fingerprint density at radius 3 is 2.71 bits per heavy atom. The molecular formula is C15H9BrCl2N2O. The van der Waals surface area contributed by atoms with E-state index in [2.05, 4.69) is 26.2 Å². The topological polar surface area (TPSA) is 41.5 Å². The molecule has 0 atom stereocenters. The predicted molar refractivity (Wildman–Crippen MR) is 90.2 cm³/mol. The predicted octanol–water partition coefficient (Wildman–Crippen LogP) is 5.14. The maximum absolute atomic E-state index is 12.2. The molecule has 1 N–H and O–H groups in total. The molecule has 0 unspecified atom stereocenters. The van der Waals surface area contributed by atoms with Crippen molar-refractivity contribution in [2.45, 2.75) is 6.92 Å². The molecule has 1 aliphatic rings. The average Bonchev–Trinajstić information content (AvgIpc) is 2.74. The number of amides is 1. The zero-order valence-corrected chi connectivity index (χ0v) is 14.0. The summed E-state index contributed by atoms with van der Waals surface area (Å²) in [4.78, 5) is 16.6. The van der Waals surface area contributed by atoms with Crippen molar-refractivity contribution in [1.82, 2.24) is 0 Å². The van der Waals surface area contributed by atoms with Gasteiger partial charge in [0.15, 0.2) is 0 Å². The van der Waals surface area contributed by atoms with Crippen LogP contribution in [-0.4, -0.2) is 11.6 Å². The summed E-state index contributed by atoms with van der Waals surface area (Å²) in [6.45, 7) is 1.86. The Morgan fingerprint density at radius 1 is 1.24 bits per heavy atom. The first-order valence-electron chi connectivity index (χ1n) is 6.12. The van der Waals surface area contributed by atoms with Gasteiger partial charge in [-0.1, -0.05) is 29.3 Å². The Labute approximate surface area is 140 Å². The number of hydrogen-bond acceptors (Lipinski definition) is 2. The van der Waals surface area contributed by atoms with Gasteiger partial charge in [0.05, 0.1) is 16.4 Å². The molecule has 2 aromatic rings. The van der Waals surface area contributed by atoms with Crippen LogP contribution >= 0.6 is 39.1 Å². The van der Waals surface area contributed by atoms with Gasteiger partial charge in [-0.2, -0.15) is 0 Å². The van der Waals surface area contributed by atoms with Crippen molar-refractivity contribution in [3.05, 3.63) is 56.0 Å². The molecule has 0 saturated carbocycles. The van der Waals surface area contributed by atoms with Crippen molar-refractivity contribution in [2.75, 3.05) is 5.32 Å². The molecule has 0 aliphatic carbocycles. The highest BCUT2D eigenvalue weighted by atomic mass is 79.9. The second-order valence-electron chi connectivity index (χ2n) is 4.61. The van der Waals surface area contributed by atoms with Crippen molar-refractivity contribution < 1.29 is 4.79 Å². The molecule has 1 amide bonds. The average molecular weight is 384 g/mol. The fourth-order valence-corrected chi connectivity index (χ4v) is 3.04. The lowest BCUT2D eigenvalue weighted by molar-refractivity contribution is -0.110. The van der Waals surface area contributed by atoms with E-state index in [0.29, 0.717) is 27.1 Å². The van der Waals surface area contributed by atoms with Gasteiger partial charge in [-0.15, -0.1) is 0 Å².